The van der Waals surface area contributed by atoms with Crippen LogP contribution in [0.3, 0.4) is 0 Å². The van der Waals surface area contributed by atoms with E-state index in [0.29, 0.717) is 0 Å². The number of benzene rings is 1. The maximum absolute atomic E-state index is 12.9. The minimum Gasteiger partial charge on any atom is -0.325 e. The molecule has 0 aromatic heterocycles. The van der Waals surface area contributed by atoms with Crippen molar-refractivity contribution in [3.63, 3.8) is 0 Å². The predicted molar refractivity (Wildman–Crippen MR) is 86.5 cm³/mol. The normalized spacial score (nSPS) is 24.6. The van der Waals surface area contributed by atoms with Gasteiger partial charge in [0, 0.05) is 12.2 Å². The minimum absolute atomic E-state index is 0.202. The van der Waals surface area contributed by atoms with E-state index in [4.69, 9.17) is 0 Å². The van der Waals surface area contributed by atoms with E-state index in [2.05, 4.69) is 35.8 Å². The van der Waals surface area contributed by atoms with Crippen molar-refractivity contribution in [1.29, 1.82) is 0 Å². The van der Waals surface area contributed by atoms with Crippen LogP contribution in [0.2, 0.25) is 0 Å². The van der Waals surface area contributed by atoms with Crippen molar-refractivity contribution in [3.8, 4) is 0 Å². The van der Waals surface area contributed by atoms with E-state index in [-0.39, 0.29) is 11.3 Å². The Morgan fingerprint density at radius 1 is 1.33 bits per heavy atom. The van der Waals surface area contributed by atoms with Crippen molar-refractivity contribution < 1.29 is 4.79 Å². The molecule has 3 nitrogen and oxygen atoms in total. The average molecular weight is 286 g/mol. The fraction of sp³-hybridized carbons (Fsp3) is 0.611. The lowest BCUT2D eigenvalue weighted by Crippen LogP contribution is -2.38. The number of aryl methyl sites for hydroxylation is 1. The maximum atomic E-state index is 12.9. The number of nitrogens with one attached hydrogen (secondary N) is 2. The van der Waals surface area contributed by atoms with Crippen LogP contribution in [0.1, 0.15) is 50.2 Å². The largest absolute Gasteiger partial charge is 0.325 e. The van der Waals surface area contributed by atoms with Crippen LogP contribution in [0.5, 0.6) is 0 Å². The highest BCUT2D eigenvalue weighted by Crippen LogP contribution is 2.34. The van der Waals surface area contributed by atoms with E-state index in [1.807, 2.05) is 0 Å². The summed E-state index contributed by atoms with van der Waals surface area (Å²) in [5.41, 5.74) is 3.65. The van der Waals surface area contributed by atoms with Crippen molar-refractivity contribution in [2.45, 2.75) is 51.9 Å². The number of hydrogen-bond donors (Lipinski definition) is 2. The minimum atomic E-state index is -0.202. The first-order chi connectivity index (χ1) is 10.2. The van der Waals surface area contributed by atoms with Gasteiger partial charge in [-0.25, -0.2) is 0 Å². The predicted octanol–water partition coefficient (Wildman–Crippen LogP) is 3.28. The number of amides is 1. The Balaban J connectivity index is 1.81. The zero-order valence-electron chi connectivity index (χ0n) is 13.0. The Morgan fingerprint density at radius 2 is 2.19 bits per heavy atom. The van der Waals surface area contributed by atoms with E-state index in [1.54, 1.807) is 0 Å². The summed E-state index contributed by atoms with van der Waals surface area (Å²) in [4.78, 5) is 12.9. The van der Waals surface area contributed by atoms with E-state index in [0.717, 1.165) is 50.9 Å². The van der Waals surface area contributed by atoms with Gasteiger partial charge in [0.2, 0.25) is 5.91 Å². The second-order valence-electron chi connectivity index (χ2n) is 6.56. The standard InChI is InChI=1S/C18H26N2O/c1-2-10-18(11-12-19-13-18)17(21)20-16-9-5-7-14-6-3-4-8-15(14)16/h5,7,9,19H,2-4,6,8,10-13H2,1H3,(H,20,21). The van der Waals surface area contributed by atoms with Crippen LogP contribution in [0.4, 0.5) is 5.69 Å². The Labute approximate surface area is 127 Å². The molecule has 0 saturated carbocycles. The number of carbonyl (C=O) groups excluding carboxylic acids is 1. The highest BCUT2D eigenvalue weighted by atomic mass is 16.2. The van der Waals surface area contributed by atoms with Crippen LogP contribution < -0.4 is 10.6 Å². The van der Waals surface area contributed by atoms with E-state index in [9.17, 15) is 4.79 Å². The Kier molecular flexibility index (Phi) is 4.29. The molecule has 1 aliphatic carbocycles. The molecule has 1 aromatic rings. The molecule has 114 valence electrons. The first-order valence-corrected chi connectivity index (χ1v) is 8.38. The van der Waals surface area contributed by atoms with Gasteiger partial charge in [0.1, 0.15) is 0 Å². The van der Waals surface area contributed by atoms with Gasteiger partial charge < -0.3 is 10.6 Å². The maximum Gasteiger partial charge on any atom is 0.231 e. The summed E-state index contributed by atoms with van der Waals surface area (Å²) >= 11 is 0. The molecule has 1 atom stereocenters. The third-order valence-electron chi connectivity index (χ3n) is 5.10. The molecule has 1 aromatic carbocycles. The topological polar surface area (TPSA) is 41.1 Å². The fourth-order valence-corrected chi connectivity index (χ4v) is 3.90. The summed E-state index contributed by atoms with van der Waals surface area (Å²) in [7, 11) is 0. The molecule has 1 aliphatic heterocycles. The van der Waals surface area contributed by atoms with Gasteiger partial charge in [-0.15, -0.1) is 0 Å². The summed E-state index contributed by atoms with van der Waals surface area (Å²) in [6, 6.07) is 6.37. The van der Waals surface area contributed by atoms with E-state index in [1.165, 1.54) is 24.0 Å². The molecular weight excluding hydrogens is 260 g/mol. The number of fused-ring (bicyclic) bond motifs is 1. The molecule has 1 heterocycles. The van der Waals surface area contributed by atoms with Gasteiger partial charge in [-0.3, -0.25) is 4.79 Å². The van der Waals surface area contributed by atoms with Crippen LogP contribution in [0.25, 0.3) is 0 Å². The molecule has 1 amide bonds. The van der Waals surface area contributed by atoms with Gasteiger partial charge in [-0.1, -0.05) is 25.5 Å². The van der Waals surface area contributed by atoms with Gasteiger partial charge in [-0.05, 0) is 62.3 Å². The van der Waals surface area contributed by atoms with Crippen molar-refractivity contribution in [2.24, 2.45) is 5.41 Å². The highest BCUT2D eigenvalue weighted by Gasteiger charge is 2.40. The third kappa shape index (κ3) is 2.84. The number of anilines is 1. The molecular formula is C18H26N2O. The van der Waals surface area contributed by atoms with Crippen LogP contribution in [0, 0.1) is 5.41 Å². The highest BCUT2D eigenvalue weighted by molar-refractivity contribution is 5.96. The average Bonchev–Trinajstić information content (AvgIpc) is 2.98. The Morgan fingerprint density at radius 3 is 2.95 bits per heavy atom. The van der Waals surface area contributed by atoms with Gasteiger partial charge >= 0.3 is 0 Å². The van der Waals surface area contributed by atoms with Crippen LogP contribution >= 0.6 is 0 Å². The molecule has 2 aliphatic rings. The first kappa shape index (κ1) is 14.6. The van der Waals surface area contributed by atoms with Gasteiger partial charge in [-0.2, -0.15) is 0 Å². The molecule has 21 heavy (non-hydrogen) atoms. The molecule has 2 N–H and O–H groups in total. The zero-order valence-corrected chi connectivity index (χ0v) is 13.0. The SMILES string of the molecule is CCCC1(C(=O)Nc2cccc3c2CCCC3)CCNC1. The summed E-state index contributed by atoms with van der Waals surface area (Å²) in [6.07, 6.45) is 7.76. The quantitative estimate of drug-likeness (QED) is 0.892. The lowest BCUT2D eigenvalue weighted by atomic mass is 9.81. The fourth-order valence-electron chi connectivity index (χ4n) is 3.90. The third-order valence-corrected chi connectivity index (χ3v) is 5.10. The second-order valence-corrected chi connectivity index (χ2v) is 6.56. The molecule has 1 saturated heterocycles. The summed E-state index contributed by atoms with van der Waals surface area (Å²) in [6.45, 7) is 3.94. The number of carbonyl (C=O) groups is 1. The monoisotopic (exact) mass is 286 g/mol. The lowest BCUT2D eigenvalue weighted by Gasteiger charge is -2.28. The van der Waals surface area contributed by atoms with Crippen molar-refractivity contribution in [2.75, 3.05) is 18.4 Å². The van der Waals surface area contributed by atoms with Crippen LogP contribution in [0.15, 0.2) is 18.2 Å². The smallest absolute Gasteiger partial charge is 0.231 e. The molecule has 1 unspecified atom stereocenters. The second kappa shape index (κ2) is 6.18. The molecule has 3 rings (SSSR count). The van der Waals surface area contributed by atoms with Crippen molar-refractivity contribution in [3.05, 3.63) is 29.3 Å². The molecule has 0 bridgehead atoms. The summed E-state index contributed by atoms with van der Waals surface area (Å²) in [5.74, 6) is 0.216. The van der Waals surface area contributed by atoms with Crippen molar-refractivity contribution in [1.82, 2.24) is 5.32 Å². The lowest BCUT2D eigenvalue weighted by molar-refractivity contribution is -0.125. The van der Waals surface area contributed by atoms with E-state index >= 15 is 0 Å². The molecule has 0 spiro atoms. The van der Waals surface area contributed by atoms with E-state index < -0.39 is 0 Å². The summed E-state index contributed by atoms with van der Waals surface area (Å²) in [5, 5.41) is 6.62. The molecule has 0 radical (unpaired) electrons. The van der Waals surface area contributed by atoms with Crippen LogP contribution in [-0.2, 0) is 17.6 Å². The van der Waals surface area contributed by atoms with Gasteiger partial charge in [0.25, 0.3) is 0 Å². The Bertz CT molecular complexity index is 518. The zero-order chi connectivity index (χ0) is 14.7. The van der Waals surface area contributed by atoms with Gasteiger partial charge in [0.05, 0.1) is 5.41 Å². The van der Waals surface area contributed by atoms with Crippen molar-refractivity contribution >= 4 is 11.6 Å². The number of rotatable bonds is 4. The first-order valence-electron chi connectivity index (χ1n) is 8.38. The molecule has 1 fully saturated rings. The molecule has 3 heteroatoms. The van der Waals surface area contributed by atoms with Gasteiger partial charge in [0.15, 0.2) is 0 Å². The summed E-state index contributed by atoms with van der Waals surface area (Å²) < 4.78 is 0. The number of hydrogen-bond acceptors (Lipinski definition) is 2. The van der Waals surface area contributed by atoms with Crippen LogP contribution in [-0.4, -0.2) is 19.0 Å². The Hall–Kier alpha value is -1.35.